The SMILES string of the molecule is O=C1C[C@@H]2CC=CC=CC2=C1Cl. The van der Waals surface area contributed by atoms with E-state index in [0.29, 0.717) is 17.4 Å². The van der Waals surface area contributed by atoms with Gasteiger partial charge in [-0.1, -0.05) is 35.9 Å². The van der Waals surface area contributed by atoms with Crippen molar-refractivity contribution >= 4 is 17.4 Å². The molecule has 0 saturated carbocycles. The molecule has 0 N–H and O–H groups in total. The molecular weight excluding hydrogens is 172 g/mol. The smallest absolute Gasteiger partial charge is 0.175 e. The average molecular weight is 181 g/mol. The molecule has 0 aromatic rings. The van der Waals surface area contributed by atoms with Gasteiger partial charge in [-0.2, -0.15) is 0 Å². The molecule has 0 fully saturated rings. The monoisotopic (exact) mass is 180 g/mol. The van der Waals surface area contributed by atoms with Gasteiger partial charge in [0.15, 0.2) is 5.78 Å². The number of halogens is 1. The molecule has 2 rings (SSSR count). The van der Waals surface area contributed by atoms with E-state index >= 15 is 0 Å². The number of rotatable bonds is 0. The van der Waals surface area contributed by atoms with Crippen molar-refractivity contribution < 1.29 is 4.79 Å². The number of allylic oxidation sites excluding steroid dienone is 6. The van der Waals surface area contributed by atoms with Gasteiger partial charge in [0, 0.05) is 6.42 Å². The van der Waals surface area contributed by atoms with Gasteiger partial charge in [-0.05, 0) is 17.9 Å². The van der Waals surface area contributed by atoms with Crippen LogP contribution in [0.5, 0.6) is 0 Å². The summed E-state index contributed by atoms with van der Waals surface area (Å²) in [6, 6.07) is 0. The standard InChI is InChI=1S/C10H9ClO/c11-10-8-5-3-1-2-4-7(8)6-9(10)12/h1-3,5,7H,4,6H2/t7-/m0/s1. The lowest BCUT2D eigenvalue weighted by Crippen LogP contribution is -1.97. The number of ketones is 1. The van der Waals surface area contributed by atoms with Crippen LogP contribution in [0, 0.1) is 5.92 Å². The quantitative estimate of drug-likeness (QED) is 0.560. The van der Waals surface area contributed by atoms with Crippen LogP contribution in [-0.4, -0.2) is 5.78 Å². The van der Waals surface area contributed by atoms with E-state index in [1.165, 1.54) is 0 Å². The van der Waals surface area contributed by atoms with Crippen LogP contribution < -0.4 is 0 Å². The zero-order valence-electron chi connectivity index (χ0n) is 6.59. The molecule has 0 unspecified atom stereocenters. The van der Waals surface area contributed by atoms with Crippen LogP contribution in [-0.2, 0) is 4.79 Å². The summed E-state index contributed by atoms with van der Waals surface area (Å²) in [7, 11) is 0. The highest BCUT2D eigenvalue weighted by molar-refractivity contribution is 6.44. The molecule has 0 amide bonds. The van der Waals surface area contributed by atoms with E-state index in [9.17, 15) is 4.79 Å². The largest absolute Gasteiger partial charge is 0.293 e. The molecule has 0 aliphatic heterocycles. The van der Waals surface area contributed by atoms with Gasteiger partial charge in [-0.3, -0.25) is 4.79 Å². The molecule has 0 bridgehead atoms. The Morgan fingerprint density at radius 2 is 2.25 bits per heavy atom. The zero-order valence-corrected chi connectivity index (χ0v) is 7.34. The van der Waals surface area contributed by atoms with Crippen molar-refractivity contribution in [2.24, 2.45) is 5.92 Å². The van der Waals surface area contributed by atoms with Gasteiger partial charge in [0.2, 0.25) is 0 Å². The molecule has 2 aliphatic rings. The van der Waals surface area contributed by atoms with Crippen molar-refractivity contribution in [1.29, 1.82) is 0 Å². The molecule has 62 valence electrons. The fourth-order valence-corrected chi connectivity index (χ4v) is 1.96. The number of Topliss-reactive ketones (excluding diaryl/α,β-unsaturated/α-hetero) is 1. The van der Waals surface area contributed by atoms with E-state index in [0.717, 1.165) is 12.0 Å². The molecule has 0 heterocycles. The highest BCUT2D eigenvalue weighted by atomic mass is 35.5. The summed E-state index contributed by atoms with van der Waals surface area (Å²) >= 11 is 5.86. The van der Waals surface area contributed by atoms with Gasteiger partial charge >= 0.3 is 0 Å². The van der Waals surface area contributed by atoms with Crippen molar-refractivity contribution in [2.45, 2.75) is 12.8 Å². The van der Waals surface area contributed by atoms with Crippen LogP contribution in [0.25, 0.3) is 0 Å². The van der Waals surface area contributed by atoms with E-state index in [4.69, 9.17) is 11.6 Å². The molecule has 2 aliphatic carbocycles. The predicted molar refractivity (Wildman–Crippen MR) is 48.9 cm³/mol. The van der Waals surface area contributed by atoms with Crippen LogP contribution in [0.1, 0.15) is 12.8 Å². The van der Waals surface area contributed by atoms with Crippen molar-refractivity contribution in [3.63, 3.8) is 0 Å². The second-order valence-corrected chi connectivity index (χ2v) is 3.49. The minimum Gasteiger partial charge on any atom is -0.293 e. The molecule has 2 heteroatoms. The Labute approximate surface area is 76.4 Å². The minimum atomic E-state index is 0.0941. The first kappa shape index (κ1) is 7.81. The van der Waals surface area contributed by atoms with Crippen LogP contribution in [0.3, 0.4) is 0 Å². The highest BCUT2D eigenvalue weighted by Gasteiger charge is 2.29. The predicted octanol–water partition coefficient (Wildman–Crippen LogP) is 2.58. The van der Waals surface area contributed by atoms with E-state index in [1.807, 2.05) is 18.2 Å². The zero-order chi connectivity index (χ0) is 8.55. The number of carbonyl (C=O) groups excluding carboxylic acids is 1. The van der Waals surface area contributed by atoms with E-state index < -0.39 is 0 Å². The molecule has 12 heavy (non-hydrogen) atoms. The van der Waals surface area contributed by atoms with Gasteiger partial charge in [-0.15, -0.1) is 0 Å². The lowest BCUT2D eigenvalue weighted by molar-refractivity contribution is -0.114. The Kier molecular flexibility index (Phi) is 1.89. The lowest BCUT2D eigenvalue weighted by atomic mass is 9.99. The Morgan fingerprint density at radius 3 is 3.08 bits per heavy atom. The Hall–Kier alpha value is -0.820. The van der Waals surface area contributed by atoms with E-state index in [-0.39, 0.29) is 5.78 Å². The molecule has 0 spiro atoms. The molecule has 0 aromatic heterocycles. The lowest BCUT2D eigenvalue weighted by Gasteiger charge is -2.05. The van der Waals surface area contributed by atoms with Crippen molar-refractivity contribution in [1.82, 2.24) is 0 Å². The molecule has 1 atom stereocenters. The summed E-state index contributed by atoms with van der Waals surface area (Å²) in [5.74, 6) is 0.427. The summed E-state index contributed by atoms with van der Waals surface area (Å²) in [4.78, 5) is 11.2. The molecule has 1 nitrogen and oxygen atoms in total. The van der Waals surface area contributed by atoms with Gasteiger partial charge in [0.1, 0.15) is 0 Å². The maximum atomic E-state index is 11.2. The molecule has 0 aromatic carbocycles. The summed E-state index contributed by atoms with van der Waals surface area (Å²) in [5, 5.41) is 0.444. The Balaban J connectivity index is 2.40. The maximum absolute atomic E-state index is 11.2. The summed E-state index contributed by atoms with van der Waals surface area (Å²) in [6.45, 7) is 0. The van der Waals surface area contributed by atoms with Gasteiger partial charge in [-0.25, -0.2) is 0 Å². The topological polar surface area (TPSA) is 17.1 Å². The fourth-order valence-electron chi connectivity index (χ4n) is 1.66. The number of carbonyl (C=O) groups is 1. The Morgan fingerprint density at radius 1 is 1.42 bits per heavy atom. The maximum Gasteiger partial charge on any atom is 0.175 e. The first-order valence-corrected chi connectivity index (χ1v) is 4.43. The number of fused-ring (bicyclic) bond motifs is 1. The van der Waals surface area contributed by atoms with Gasteiger partial charge in [0.05, 0.1) is 5.03 Å². The average Bonchev–Trinajstić information content (AvgIpc) is 2.30. The van der Waals surface area contributed by atoms with Gasteiger partial charge in [0.25, 0.3) is 0 Å². The summed E-state index contributed by atoms with van der Waals surface area (Å²) in [6.07, 6.45) is 9.49. The van der Waals surface area contributed by atoms with Crippen molar-refractivity contribution in [3.05, 3.63) is 34.9 Å². The van der Waals surface area contributed by atoms with Crippen LogP contribution >= 0.6 is 11.6 Å². The highest BCUT2D eigenvalue weighted by Crippen LogP contribution is 2.35. The third-order valence-corrected chi connectivity index (χ3v) is 2.74. The third-order valence-electron chi connectivity index (χ3n) is 2.31. The van der Waals surface area contributed by atoms with E-state index in [1.54, 1.807) is 0 Å². The van der Waals surface area contributed by atoms with Crippen LogP contribution in [0.4, 0.5) is 0 Å². The van der Waals surface area contributed by atoms with Crippen LogP contribution in [0.15, 0.2) is 34.9 Å². The second-order valence-electron chi connectivity index (χ2n) is 3.12. The fraction of sp³-hybridized carbons (Fsp3) is 0.300. The van der Waals surface area contributed by atoms with Crippen molar-refractivity contribution in [2.75, 3.05) is 0 Å². The normalized spacial score (nSPS) is 27.8. The first-order chi connectivity index (χ1) is 5.79. The van der Waals surface area contributed by atoms with Gasteiger partial charge < -0.3 is 0 Å². The second kappa shape index (κ2) is 2.91. The minimum absolute atomic E-state index is 0.0941. The van der Waals surface area contributed by atoms with Crippen LogP contribution in [0.2, 0.25) is 0 Å². The number of hydrogen-bond donors (Lipinski definition) is 0. The number of hydrogen-bond acceptors (Lipinski definition) is 1. The summed E-state index contributed by atoms with van der Waals surface area (Å²) in [5.41, 5.74) is 1.02. The molecular formula is C10H9ClO. The third kappa shape index (κ3) is 1.14. The summed E-state index contributed by atoms with van der Waals surface area (Å²) < 4.78 is 0. The molecule has 0 radical (unpaired) electrons. The first-order valence-electron chi connectivity index (χ1n) is 4.05. The molecule has 0 saturated heterocycles. The Bertz CT molecular complexity index is 310. The van der Waals surface area contributed by atoms with Crippen molar-refractivity contribution in [3.8, 4) is 0 Å². The van der Waals surface area contributed by atoms with E-state index in [2.05, 4.69) is 6.08 Å².